The van der Waals surface area contributed by atoms with E-state index >= 15 is 0 Å². The number of rotatable bonds is 2. The SMILES string of the molecule is FCC1CN(c2ncc(Cl)cn2)C1. The summed E-state index contributed by atoms with van der Waals surface area (Å²) in [5.74, 6) is 0.786. The van der Waals surface area contributed by atoms with Crippen molar-refractivity contribution in [2.45, 2.75) is 0 Å². The maximum atomic E-state index is 12.1. The monoisotopic (exact) mass is 201 g/mol. The predicted molar refractivity (Wildman–Crippen MR) is 48.7 cm³/mol. The quantitative estimate of drug-likeness (QED) is 0.727. The van der Waals surface area contributed by atoms with Crippen molar-refractivity contribution < 1.29 is 4.39 Å². The molecule has 2 rings (SSSR count). The summed E-state index contributed by atoms with van der Waals surface area (Å²) in [6.45, 7) is 1.15. The summed E-state index contributed by atoms with van der Waals surface area (Å²) in [6, 6.07) is 0. The molecule has 0 atom stereocenters. The molecule has 0 aliphatic carbocycles. The Morgan fingerprint density at radius 3 is 2.62 bits per heavy atom. The zero-order chi connectivity index (χ0) is 9.26. The Labute approximate surface area is 80.6 Å². The molecule has 13 heavy (non-hydrogen) atoms. The Morgan fingerprint density at radius 1 is 1.46 bits per heavy atom. The van der Waals surface area contributed by atoms with E-state index in [2.05, 4.69) is 9.97 Å². The normalized spacial score (nSPS) is 17.2. The third-order valence-corrected chi connectivity index (χ3v) is 2.26. The van der Waals surface area contributed by atoms with Gasteiger partial charge in [0.25, 0.3) is 0 Å². The first-order valence-corrected chi connectivity index (χ1v) is 4.46. The van der Waals surface area contributed by atoms with Crippen LogP contribution < -0.4 is 4.90 Å². The third kappa shape index (κ3) is 1.72. The van der Waals surface area contributed by atoms with Crippen LogP contribution in [0.15, 0.2) is 12.4 Å². The van der Waals surface area contributed by atoms with Crippen LogP contribution in [0.1, 0.15) is 0 Å². The van der Waals surface area contributed by atoms with Crippen molar-refractivity contribution in [3.05, 3.63) is 17.4 Å². The van der Waals surface area contributed by atoms with E-state index in [4.69, 9.17) is 11.6 Å². The summed E-state index contributed by atoms with van der Waals surface area (Å²) < 4.78 is 12.1. The highest BCUT2D eigenvalue weighted by Crippen LogP contribution is 2.21. The van der Waals surface area contributed by atoms with Crippen LogP contribution in [-0.4, -0.2) is 29.7 Å². The van der Waals surface area contributed by atoms with E-state index < -0.39 is 0 Å². The van der Waals surface area contributed by atoms with Gasteiger partial charge >= 0.3 is 0 Å². The number of alkyl halides is 1. The molecule has 0 aromatic carbocycles. The molecule has 1 aliphatic rings. The Bertz CT molecular complexity index is 284. The van der Waals surface area contributed by atoms with Crippen molar-refractivity contribution in [3.8, 4) is 0 Å². The van der Waals surface area contributed by atoms with Crippen LogP contribution in [0, 0.1) is 5.92 Å². The van der Waals surface area contributed by atoms with E-state index in [9.17, 15) is 4.39 Å². The molecule has 1 aromatic rings. The van der Waals surface area contributed by atoms with Crippen LogP contribution >= 0.6 is 11.6 Å². The highest BCUT2D eigenvalue weighted by atomic mass is 35.5. The topological polar surface area (TPSA) is 29.0 Å². The van der Waals surface area contributed by atoms with E-state index in [1.165, 1.54) is 0 Å². The lowest BCUT2D eigenvalue weighted by Crippen LogP contribution is -2.48. The molecule has 2 heterocycles. The second-order valence-electron chi connectivity index (χ2n) is 3.13. The first-order chi connectivity index (χ1) is 6.29. The third-order valence-electron chi connectivity index (χ3n) is 2.06. The minimum atomic E-state index is -0.260. The van der Waals surface area contributed by atoms with E-state index in [0.717, 1.165) is 0 Å². The molecule has 0 amide bonds. The highest BCUT2D eigenvalue weighted by Gasteiger charge is 2.28. The predicted octanol–water partition coefficient (Wildman–Crippen LogP) is 1.54. The molecular weight excluding hydrogens is 193 g/mol. The zero-order valence-corrected chi connectivity index (χ0v) is 7.71. The summed E-state index contributed by atoms with van der Waals surface area (Å²) in [5.41, 5.74) is 0. The molecule has 3 nitrogen and oxygen atoms in total. The largest absolute Gasteiger partial charge is 0.340 e. The van der Waals surface area contributed by atoms with Crippen LogP contribution in [0.4, 0.5) is 10.3 Å². The van der Waals surface area contributed by atoms with E-state index in [-0.39, 0.29) is 12.6 Å². The van der Waals surface area contributed by atoms with Gasteiger partial charge in [0.15, 0.2) is 0 Å². The van der Waals surface area contributed by atoms with Crippen LogP contribution in [0.5, 0.6) is 0 Å². The molecule has 0 bridgehead atoms. The molecule has 1 aliphatic heterocycles. The summed E-state index contributed by atoms with van der Waals surface area (Å²) in [7, 11) is 0. The Kier molecular flexibility index (Phi) is 2.31. The van der Waals surface area contributed by atoms with E-state index in [1.54, 1.807) is 12.4 Å². The van der Waals surface area contributed by atoms with Gasteiger partial charge in [-0.1, -0.05) is 11.6 Å². The molecule has 1 fully saturated rings. The van der Waals surface area contributed by atoms with Gasteiger partial charge in [0.2, 0.25) is 5.95 Å². The summed E-state index contributed by atoms with van der Waals surface area (Å²) >= 11 is 5.63. The smallest absolute Gasteiger partial charge is 0.225 e. The van der Waals surface area contributed by atoms with Crippen molar-refractivity contribution in [1.29, 1.82) is 0 Å². The molecule has 1 saturated heterocycles. The molecule has 70 valence electrons. The first-order valence-electron chi connectivity index (χ1n) is 4.08. The number of halogens is 2. The molecule has 0 N–H and O–H groups in total. The molecule has 0 radical (unpaired) electrons. The van der Waals surface area contributed by atoms with Crippen molar-refractivity contribution in [2.75, 3.05) is 24.7 Å². The van der Waals surface area contributed by atoms with Gasteiger partial charge in [-0.05, 0) is 0 Å². The maximum Gasteiger partial charge on any atom is 0.225 e. The van der Waals surface area contributed by atoms with Crippen molar-refractivity contribution in [2.24, 2.45) is 5.92 Å². The fraction of sp³-hybridized carbons (Fsp3) is 0.500. The van der Waals surface area contributed by atoms with Gasteiger partial charge in [-0.15, -0.1) is 0 Å². The Balaban J connectivity index is 1.99. The zero-order valence-electron chi connectivity index (χ0n) is 6.95. The van der Waals surface area contributed by atoms with Crippen molar-refractivity contribution in [3.63, 3.8) is 0 Å². The van der Waals surface area contributed by atoms with Gasteiger partial charge in [0.05, 0.1) is 24.1 Å². The number of aromatic nitrogens is 2. The number of nitrogens with zero attached hydrogens (tertiary/aromatic N) is 3. The second-order valence-corrected chi connectivity index (χ2v) is 3.56. The average molecular weight is 202 g/mol. The molecule has 0 saturated carbocycles. The average Bonchev–Trinajstić information content (AvgIpc) is 2.06. The lowest BCUT2D eigenvalue weighted by molar-refractivity contribution is 0.303. The summed E-state index contributed by atoms with van der Waals surface area (Å²) in [4.78, 5) is 9.99. The minimum absolute atomic E-state index is 0.152. The summed E-state index contributed by atoms with van der Waals surface area (Å²) in [5, 5.41) is 0.520. The maximum absolute atomic E-state index is 12.1. The standard InChI is InChI=1S/C8H9ClFN3/c9-7-2-11-8(12-3-7)13-4-6(1-10)5-13/h2-3,6H,1,4-5H2. The lowest BCUT2D eigenvalue weighted by atomic mass is 10.0. The van der Waals surface area contributed by atoms with Gasteiger partial charge in [0, 0.05) is 19.0 Å². The van der Waals surface area contributed by atoms with E-state index in [1.807, 2.05) is 4.90 Å². The van der Waals surface area contributed by atoms with Crippen LogP contribution in [-0.2, 0) is 0 Å². The van der Waals surface area contributed by atoms with Crippen LogP contribution in [0.25, 0.3) is 0 Å². The highest BCUT2D eigenvalue weighted by molar-refractivity contribution is 6.30. The minimum Gasteiger partial charge on any atom is -0.340 e. The van der Waals surface area contributed by atoms with E-state index in [0.29, 0.717) is 24.1 Å². The first kappa shape index (κ1) is 8.69. The van der Waals surface area contributed by atoms with Crippen LogP contribution in [0.2, 0.25) is 5.02 Å². The van der Waals surface area contributed by atoms with Gasteiger partial charge < -0.3 is 4.90 Å². The molecule has 5 heteroatoms. The fourth-order valence-corrected chi connectivity index (χ4v) is 1.40. The molecular formula is C8H9ClFN3. The molecule has 0 spiro atoms. The van der Waals surface area contributed by atoms with Crippen molar-refractivity contribution in [1.82, 2.24) is 9.97 Å². The van der Waals surface area contributed by atoms with Gasteiger partial charge in [-0.2, -0.15) is 0 Å². The Hall–Kier alpha value is -0.900. The number of anilines is 1. The van der Waals surface area contributed by atoms with Crippen LogP contribution in [0.3, 0.4) is 0 Å². The van der Waals surface area contributed by atoms with Crippen molar-refractivity contribution >= 4 is 17.5 Å². The summed E-state index contributed by atoms with van der Waals surface area (Å²) in [6.07, 6.45) is 3.10. The lowest BCUT2D eigenvalue weighted by Gasteiger charge is -2.37. The van der Waals surface area contributed by atoms with Gasteiger partial charge in [0.1, 0.15) is 0 Å². The fourth-order valence-electron chi connectivity index (χ4n) is 1.30. The molecule has 1 aromatic heterocycles. The second kappa shape index (κ2) is 3.46. The van der Waals surface area contributed by atoms with Gasteiger partial charge in [-0.25, -0.2) is 9.97 Å². The van der Waals surface area contributed by atoms with Gasteiger partial charge in [-0.3, -0.25) is 4.39 Å². The molecule has 0 unspecified atom stereocenters. The number of hydrogen-bond acceptors (Lipinski definition) is 3. The number of hydrogen-bond donors (Lipinski definition) is 0. The Morgan fingerprint density at radius 2 is 2.08 bits per heavy atom.